The minimum Gasteiger partial charge on any atom is -0.497 e. The highest BCUT2D eigenvalue weighted by atomic mass is 32.2. The van der Waals surface area contributed by atoms with Crippen LogP contribution in [0, 0.1) is 0 Å². The first-order chi connectivity index (χ1) is 23.9. The second-order valence-electron chi connectivity index (χ2n) is 14.6. The van der Waals surface area contributed by atoms with E-state index in [0.717, 1.165) is 84.5 Å². The van der Waals surface area contributed by atoms with Crippen LogP contribution in [-0.4, -0.2) is 104 Å². The average Bonchev–Trinajstić information content (AvgIpc) is 3.67. The third-order valence-corrected chi connectivity index (χ3v) is 12.8. The molecule has 266 valence electrons. The molecule has 4 atom stereocenters. The molecule has 13 nitrogen and oxygen atoms in total. The van der Waals surface area contributed by atoms with E-state index < -0.39 is 34.0 Å². The first kappa shape index (κ1) is 33.0. The van der Waals surface area contributed by atoms with Crippen molar-refractivity contribution in [1.29, 1.82) is 0 Å². The Morgan fingerprint density at radius 2 is 1.72 bits per heavy atom. The van der Waals surface area contributed by atoms with Gasteiger partial charge in [-0.25, -0.2) is 9.52 Å². The Balaban J connectivity index is 1.38. The Kier molecular flexibility index (Phi) is 7.92. The summed E-state index contributed by atoms with van der Waals surface area (Å²) >= 11 is 0. The van der Waals surface area contributed by atoms with E-state index in [0.29, 0.717) is 16.8 Å². The van der Waals surface area contributed by atoms with Crippen LogP contribution in [-0.2, 0) is 31.0 Å². The third kappa shape index (κ3) is 5.09. The van der Waals surface area contributed by atoms with E-state index in [9.17, 15) is 18.0 Å². The zero-order valence-electron chi connectivity index (χ0n) is 28.8. The molecule has 2 amide bonds. The predicted octanol–water partition coefficient (Wildman–Crippen LogP) is 4.17. The lowest BCUT2D eigenvalue weighted by molar-refractivity contribution is -0.159. The van der Waals surface area contributed by atoms with Crippen LogP contribution < -0.4 is 9.46 Å². The molecular weight excluding hydrogens is 662 g/mol. The van der Waals surface area contributed by atoms with Gasteiger partial charge in [-0.1, -0.05) is 25.3 Å². The second-order valence-corrected chi connectivity index (χ2v) is 16.5. The Bertz CT molecular complexity index is 2010. The van der Waals surface area contributed by atoms with Crippen molar-refractivity contribution in [2.24, 2.45) is 0 Å². The zero-order valence-corrected chi connectivity index (χ0v) is 29.6. The van der Waals surface area contributed by atoms with Crippen molar-refractivity contribution >= 4 is 39.1 Å². The van der Waals surface area contributed by atoms with E-state index in [4.69, 9.17) is 14.2 Å². The first-order valence-corrected chi connectivity index (χ1v) is 18.9. The summed E-state index contributed by atoms with van der Waals surface area (Å²) in [5.41, 5.74) is 2.45. The van der Waals surface area contributed by atoms with Crippen LogP contribution in [0.1, 0.15) is 78.5 Å². The van der Waals surface area contributed by atoms with Gasteiger partial charge in [0.2, 0.25) is 0 Å². The van der Waals surface area contributed by atoms with Crippen LogP contribution in [0.3, 0.4) is 0 Å². The van der Waals surface area contributed by atoms with Crippen molar-refractivity contribution < 1.29 is 37.0 Å². The molecule has 1 aliphatic carbocycles. The summed E-state index contributed by atoms with van der Waals surface area (Å²) in [6.07, 6.45) is 5.00. The van der Waals surface area contributed by atoms with Gasteiger partial charge in [-0.05, 0) is 74.5 Å². The van der Waals surface area contributed by atoms with Crippen molar-refractivity contribution in [2.45, 2.75) is 81.2 Å². The summed E-state index contributed by atoms with van der Waals surface area (Å²) in [4.78, 5) is 46.1. The molecule has 5 aliphatic rings. The maximum Gasteiger partial charge on any atom is 0.510 e. The maximum absolute atomic E-state index is 15.2. The van der Waals surface area contributed by atoms with Crippen LogP contribution in [0.5, 0.6) is 5.75 Å². The molecule has 3 unspecified atom stereocenters. The number of hydrogen-bond donors (Lipinski definition) is 1. The Labute approximate surface area is 291 Å². The Morgan fingerprint density at radius 3 is 2.40 bits per heavy atom. The zero-order chi connectivity index (χ0) is 35.1. The molecule has 5 heterocycles. The number of piperazine rings is 1. The monoisotopic (exact) mass is 705 g/mol. The van der Waals surface area contributed by atoms with Gasteiger partial charge in [0.25, 0.3) is 17.4 Å². The number of likely N-dealkylation sites (tertiary alicyclic amines) is 1. The molecular formula is C36H43N5O8S. The molecule has 2 aromatic carbocycles. The number of hydrogen-bond acceptors (Lipinski definition) is 9. The van der Waals surface area contributed by atoms with Gasteiger partial charge in [-0.2, -0.15) is 12.7 Å². The van der Waals surface area contributed by atoms with Crippen molar-refractivity contribution in [3.8, 4) is 17.0 Å². The first-order valence-electron chi connectivity index (χ1n) is 17.4. The van der Waals surface area contributed by atoms with Gasteiger partial charge < -0.3 is 28.6 Å². The summed E-state index contributed by atoms with van der Waals surface area (Å²) in [5.74, 6) is -0.310. The fourth-order valence-electron chi connectivity index (χ4n) is 9.11. The van der Waals surface area contributed by atoms with Gasteiger partial charge in [0.15, 0.2) is 6.10 Å². The molecule has 8 rings (SSSR count). The summed E-state index contributed by atoms with van der Waals surface area (Å²) in [7, 11) is 2.27. The van der Waals surface area contributed by atoms with Gasteiger partial charge >= 0.3 is 16.4 Å². The lowest BCUT2D eigenvalue weighted by Gasteiger charge is -2.43. The molecule has 0 radical (unpaired) electrons. The number of aromatic nitrogens is 1. The van der Waals surface area contributed by atoms with Gasteiger partial charge in [0.05, 0.1) is 19.3 Å². The molecule has 50 heavy (non-hydrogen) atoms. The van der Waals surface area contributed by atoms with E-state index in [2.05, 4.69) is 16.7 Å². The highest BCUT2D eigenvalue weighted by Crippen LogP contribution is 2.54. The van der Waals surface area contributed by atoms with Crippen molar-refractivity contribution in [3.05, 3.63) is 53.1 Å². The Hall–Kier alpha value is -4.14. The minimum atomic E-state index is -4.05. The Morgan fingerprint density at radius 1 is 1.00 bits per heavy atom. The largest absolute Gasteiger partial charge is 0.510 e. The number of ether oxygens (including phenoxy) is 3. The van der Waals surface area contributed by atoms with Crippen molar-refractivity contribution in [2.75, 3.05) is 41.3 Å². The van der Waals surface area contributed by atoms with Gasteiger partial charge in [0, 0.05) is 66.9 Å². The lowest BCUT2D eigenvalue weighted by atomic mass is 9.80. The molecule has 0 spiro atoms. The van der Waals surface area contributed by atoms with Gasteiger partial charge in [0.1, 0.15) is 5.75 Å². The normalized spacial score (nSPS) is 26.5. The number of benzene rings is 2. The number of likely N-dealkylation sites (N-methyl/N-ethyl adjacent to an activating group) is 1. The van der Waals surface area contributed by atoms with Gasteiger partial charge in [-0.3, -0.25) is 9.59 Å². The molecule has 1 aromatic heterocycles. The number of carbonyl (C=O) groups excluding carboxylic acids is 3. The molecule has 14 heteroatoms. The topological polar surface area (TPSA) is 140 Å². The van der Waals surface area contributed by atoms with E-state index >= 15 is 4.79 Å². The minimum absolute atomic E-state index is 0.0266. The standard InChI is InChI=1S/C36H43N5O8S/c1-38(2)50(45,46)37-33(42)22-10-14-27-29(16-22)40-20-36(34(43)41-23-11-12-24(41)19-39(3)18-23)32(48-35(44)49-36)28-17-25(47-4)13-15-26(28)31(40)30(27)21-8-6-5-7-9-21/h10,13-17,21,23-24,32H,5-9,11-12,18-20H2,1-4H3,(H,37,42)/t23?,24?,32-,36?/m0/s1. The van der Waals surface area contributed by atoms with Crippen molar-refractivity contribution in [3.63, 3.8) is 0 Å². The number of nitrogens with one attached hydrogen (secondary N) is 1. The number of carbonyl (C=O) groups is 3. The number of methoxy groups -OCH3 is 1. The van der Waals surface area contributed by atoms with E-state index in [1.165, 1.54) is 14.1 Å². The summed E-state index contributed by atoms with van der Waals surface area (Å²) < 4.78 is 48.2. The molecule has 3 aromatic rings. The summed E-state index contributed by atoms with van der Waals surface area (Å²) in [5, 5.41) is 0.909. The fourth-order valence-corrected chi connectivity index (χ4v) is 9.65. The molecule has 4 fully saturated rings. The quantitative estimate of drug-likeness (QED) is 0.375. The van der Waals surface area contributed by atoms with Crippen LogP contribution in [0.15, 0.2) is 36.4 Å². The molecule has 2 bridgehead atoms. The van der Waals surface area contributed by atoms with Gasteiger partial charge in [-0.15, -0.1) is 0 Å². The number of amides is 2. The van der Waals surface area contributed by atoms with E-state index in [-0.39, 0.29) is 36.0 Å². The van der Waals surface area contributed by atoms with Crippen molar-refractivity contribution in [1.82, 2.24) is 23.4 Å². The predicted molar refractivity (Wildman–Crippen MR) is 184 cm³/mol. The fraction of sp³-hybridized carbons (Fsp3) is 0.528. The SMILES string of the molecule is COc1ccc2c(c1)[C@@H]1OC(=O)OC1(C(=O)N1C3CCC1CN(C)C3)Cn1c-2c(C2CCCCC2)c2ccc(C(=O)NS(=O)(=O)N(C)C)cc21. The second kappa shape index (κ2) is 12.0. The van der Waals surface area contributed by atoms with E-state index in [1.54, 1.807) is 19.2 Å². The third-order valence-electron chi connectivity index (χ3n) is 11.4. The smallest absolute Gasteiger partial charge is 0.497 e. The highest BCUT2D eigenvalue weighted by molar-refractivity contribution is 7.87. The number of rotatable bonds is 6. The molecule has 1 saturated carbocycles. The molecule has 1 N–H and O–H groups in total. The molecule has 4 aliphatic heterocycles. The number of nitrogens with zero attached hydrogens (tertiary/aromatic N) is 4. The maximum atomic E-state index is 15.2. The van der Waals surface area contributed by atoms with Crippen LogP contribution in [0.2, 0.25) is 0 Å². The lowest BCUT2D eigenvalue weighted by Crippen LogP contribution is -2.62. The average molecular weight is 706 g/mol. The van der Waals surface area contributed by atoms with Crippen LogP contribution >= 0.6 is 0 Å². The van der Waals surface area contributed by atoms with Crippen LogP contribution in [0.4, 0.5) is 4.79 Å². The van der Waals surface area contributed by atoms with Crippen LogP contribution in [0.25, 0.3) is 22.2 Å². The highest BCUT2D eigenvalue weighted by Gasteiger charge is 2.64. The molecule has 3 saturated heterocycles. The summed E-state index contributed by atoms with van der Waals surface area (Å²) in [6, 6.07) is 10.8. The van der Waals surface area contributed by atoms with E-state index in [1.807, 2.05) is 33.7 Å². The summed E-state index contributed by atoms with van der Waals surface area (Å²) in [6.45, 7) is 1.39. The number of fused-ring (bicyclic) bond motifs is 9.